The lowest BCUT2D eigenvalue weighted by atomic mass is 10.1. The fourth-order valence-corrected chi connectivity index (χ4v) is 2.61. The van der Waals surface area contributed by atoms with Gasteiger partial charge in [-0.25, -0.2) is 0 Å². The number of carbonyl (C=O) groups excluding carboxylic acids is 2. The predicted octanol–water partition coefficient (Wildman–Crippen LogP) is 5.09. The van der Waals surface area contributed by atoms with Crippen LogP contribution in [0.25, 0.3) is 0 Å². The molecule has 0 heterocycles. The van der Waals surface area contributed by atoms with E-state index < -0.39 is 17.6 Å². The molecule has 0 unspecified atom stereocenters. The van der Waals surface area contributed by atoms with Crippen LogP contribution in [0, 0.1) is 0 Å². The van der Waals surface area contributed by atoms with E-state index in [1.54, 1.807) is 4.90 Å². The summed E-state index contributed by atoms with van der Waals surface area (Å²) < 4.78 is 38.4. The lowest BCUT2D eigenvalue weighted by molar-refractivity contribution is -0.137. The van der Waals surface area contributed by atoms with Crippen molar-refractivity contribution in [3.8, 4) is 0 Å². The molecule has 0 aromatic heterocycles. The van der Waals surface area contributed by atoms with Gasteiger partial charge in [0.15, 0.2) is 0 Å². The second kappa shape index (κ2) is 8.43. The first-order chi connectivity index (χ1) is 12.7. The van der Waals surface area contributed by atoms with Crippen LogP contribution < -0.4 is 5.32 Å². The van der Waals surface area contributed by atoms with Crippen LogP contribution in [0.4, 0.5) is 18.9 Å². The van der Waals surface area contributed by atoms with Gasteiger partial charge < -0.3 is 10.2 Å². The molecule has 0 saturated carbocycles. The highest BCUT2D eigenvalue weighted by molar-refractivity contribution is 6.34. The highest BCUT2D eigenvalue weighted by Crippen LogP contribution is 2.34. The molecule has 0 atom stereocenters. The van der Waals surface area contributed by atoms with Crippen LogP contribution in [0.1, 0.15) is 40.1 Å². The average Bonchev–Trinajstić information content (AvgIpc) is 2.63. The highest BCUT2D eigenvalue weighted by atomic mass is 35.5. The number of benzene rings is 2. The zero-order valence-electron chi connectivity index (χ0n) is 14.7. The van der Waals surface area contributed by atoms with Crippen molar-refractivity contribution in [3.05, 3.63) is 64.2 Å². The topological polar surface area (TPSA) is 49.4 Å². The van der Waals surface area contributed by atoms with E-state index in [-0.39, 0.29) is 22.2 Å². The minimum atomic E-state index is -4.55. The molecule has 8 heteroatoms. The summed E-state index contributed by atoms with van der Waals surface area (Å²) in [6.07, 6.45) is -4.55. The molecule has 0 spiro atoms. The highest BCUT2D eigenvalue weighted by Gasteiger charge is 2.31. The molecule has 0 radical (unpaired) electrons. The molecule has 2 amide bonds. The number of hydrogen-bond acceptors (Lipinski definition) is 2. The van der Waals surface area contributed by atoms with E-state index in [1.807, 2.05) is 13.8 Å². The predicted molar refractivity (Wildman–Crippen MR) is 98.1 cm³/mol. The average molecular weight is 399 g/mol. The van der Waals surface area contributed by atoms with Crippen LogP contribution in [-0.2, 0) is 6.18 Å². The Morgan fingerprint density at radius 2 is 1.56 bits per heavy atom. The zero-order chi connectivity index (χ0) is 20.2. The third-order valence-electron chi connectivity index (χ3n) is 3.99. The summed E-state index contributed by atoms with van der Waals surface area (Å²) in [5.41, 5.74) is -0.436. The van der Waals surface area contributed by atoms with Gasteiger partial charge in [-0.2, -0.15) is 13.2 Å². The fourth-order valence-electron chi connectivity index (χ4n) is 2.45. The van der Waals surface area contributed by atoms with Crippen LogP contribution in [0.5, 0.6) is 0 Å². The lowest BCUT2D eigenvalue weighted by Crippen LogP contribution is -2.30. The molecular weight excluding hydrogens is 381 g/mol. The van der Waals surface area contributed by atoms with Gasteiger partial charge in [-0.1, -0.05) is 11.6 Å². The van der Waals surface area contributed by atoms with Gasteiger partial charge in [0.25, 0.3) is 11.8 Å². The first-order valence-corrected chi connectivity index (χ1v) is 8.62. The molecule has 1 N–H and O–H groups in total. The molecule has 2 aromatic rings. The number of nitrogens with one attached hydrogen (secondary N) is 1. The first-order valence-electron chi connectivity index (χ1n) is 8.24. The summed E-state index contributed by atoms with van der Waals surface area (Å²) >= 11 is 5.88. The molecule has 144 valence electrons. The van der Waals surface area contributed by atoms with Crippen molar-refractivity contribution in [2.75, 3.05) is 18.4 Å². The number of carbonyl (C=O) groups is 2. The molecule has 2 rings (SSSR count). The minimum Gasteiger partial charge on any atom is -0.339 e. The van der Waals surface area contributed by atoms with Gasteiger partial charge in [0.2, 0.25) is 0 Å². The Kier molecular flexibility index (Phi) is 6.49. The maximum Gasteiger partial charge on any atom is 0.416 e. The van der Waals surface area contributed by atoms with Gasteiger partial charge in [0.1, 0.15) is 0 Å². The number of amides is 2. The van der Waals surface area contributed by atoms with Crippen LogP contribution >= 0.6 is 11.6 Å². The summed E-state index contributed by atoms with van der Waals surface area (Å²) in [4.78, 5) is 26.2. The summed E-state index contributed by atoms with van der Waals surface area (Å²) in [7, 11) is 0. The molecule has 0 aliphatic carbocycles. The summed E-state index contributed by atoms with van der Waals surface area (Å²) in [5, 5.41) is 2.36. The Morgan fingerprint density at radius 1 is 1.00 bits per heavy atom. The molecule has 0 bridgehead atoms. The van der Waals surface area contributed by atoms with Gasteiger partial charge >= 0.3 is 6.18 Å². The maximum atomic E-state index is 12.8. The molecule has 0 fully saturated rings. The SMILES string of the molecule is CCN(CC)C(=O)c1ccc(C(=O)Nc2cc(C(F)(F)F)ccc2Cl)cc1. The van der Waals surface area contributed by atoms with Crippen molar-refractivity contribution in [3.63, 3.8) is 0 Å². The Bertz CT molecular complexity index is 832. The Hall–Kier alpha value is -2.54. The third-order valence-corrected chi connectivity index (χ3v) is 4.32. The van der Waals surface area contributed by atoms with Crippen LogP contribution in [0.3, 0.4) is 0 Å². The van der Waals surface area contributed by atoms with E-state index in [2.05, 4.69) is 5.32 Å². The Balaban J connectivity index is 2.19. The van der Waals surface area contributed by atoms with Gasteiger partial charge in [-0.05, 0) is 56.3 Å². The van der Waals surface area contributed by atoms with Crippen LogP contribution in [0.2, 0.25) is 5.02 Å². The Morgan fingerprint density at radius 3 is 2.07 bits per heavy atom. The van der Waals surface area contributed by atoms with E-state index in [0.29, 0.717) is 18.7 Å². The fraction of sp³-hybridized carbons (Fsp3) is 0.263. The molecule has 0 saturated heterocycles. The molecule has 0 aliphatic heterocycles. The molecule has 2 aromatic carbocycles. The number of nitrogens with zero attached hydrogens (tertiary/aromatic N) is 1. The quantitative estimate of drug-likeness (QED) is 0.762. The van der Waals surface area contributed by atoms with Crippen molar-refractivity contribution >= 4 is 29.1 Å². The number of halogens is 4. The van der Waals surface area contributed by atoms with Gasteiger partial charge in [-0.15, -0.1) is 0 Å². The molecule has 4 nitrogen and oxygen atoms in total. The number of alkyl halides is 3. The number of rotatable bonds is 5. The minimum absolute atomic E-state index is 0.00955. The smallest absolute Gasteiger partial charge is 0.339 e. The van der Waals surface area contributed by atoms with Gasteiger partial charge in [0, 0.05) is 24.2 Å². The summed E-state index contributed by atoms with van der Waals surface area (Å²) in [6.45, 7) is 4.85. The molecular formula is C19H18ClF3N2O2. The number of anilines is 1. The van der Waals surface area contributed by atoms with Crippen LogP contribution in [-0.4, -0.2) is 29.8 Å². The van der Waals surface area contributed by atoms with Crippen LogP contribution in [0.15, 0.2) is 42.5 Å². The maximum absolute atomic E-state index is 12.8. The summed E-state index contributed by atoms with van der Waals surface area (Å²) in [6, 6.07) is 8.57. The standard InChI is InChI=1S/C19H18ClF3N2O2/c1-3-25(4-2)18(27)13-7-5-12(6-8-13)17(26)24-16-11-14(19(21,22)23)9-10-15(16)20/h5-11H,3-4H2,1-2H3,(H,24,26). The van der Waals surface area contributed by atoms with Crippen molar-refractivity contribution in [2.45, 2.75) is 20.0 Å². The van der Waals surface area contributed by atoms with Crippen molar-refractivity contribution < 1.29 is 22.8 Å². The number of hydrogen-bond donors (Lipinski definition) is 1. The van der Waals surface area contributed by atoms with E-state index in [0.717, 1.165) is 18.2 Å². The molecule has 27 heavy (non-hydrogen) atoms. The van der Waals surface area contributed by atoms with E-state index in [9.17, 15) is 22.8 Å². The summed E-state index contributed by atoms with van der Waals surface area (Å²) in [5.74, 6) is -0.786. The largest absolute Gasteiger partial charge is 0.416 e. The lowest BCUT2D eigenvalue weighted by Gasteiger charge is -2.18. The first kappa shape index (κ1) is 20.8. The van der Waals surface area contributed by atoms with E-state index in [4.69, 9.17) is 11.6 Å². The molecule has 0 aliphatic rings. The second-order valence-electron chi connectivity index (χ2n) is 5.70. The normalized spacial score (nSPS) is 11.2. The van der Waals surface area contributed by atoms with Gasteiger partial charge in [0.05, 0.1) is 16.3 Å². The van der Waals surface area contributed by atoms with Crippen molar-refractivity contribution in [1.29, 1.82) is 0 Å². The van der Waals surface area contributed by atoms with Crippen molar-refractivity contribution in [1.82, 2.24) is 4.90 Å². The second-order valence-corrected chi connectivity index (χ2v) is 6.11. The van der Waals surface area contributed by atoms with Crippen molar-refractivity contribution in [2.24, 2.45) is 0 Å². The Labute approximate surface area is 159 Å². The van der Waals surface area contributed by atoms with Gasteiger partial charge in [-0.3, -0.25) is 9.59 Å². The van der Waals surface area contributed by atoms with E-state index in [1.165, 1.54) is 24.3 Å². The monoisotopic (exact) mass is 398 g/mol. The third kappa shape index (κ3) is 5.01. The zero-order valence-corrected chi connectivity index (χ0v) is 15.5. The van der Waals surface area contributed by atoms with E-state index >= 15 is 0 Å².